The third-order valence-corrected chi connectivity index (χ3v) is 6.05. The van der Waals surface area contributed by atoms with Gasteiger partial charge in [0.15, 0.2) is 0 Å². The van der Waals surface area contributed by atoms with Crippen LogP contribution < -0.4 is 5.32 Å². The number of hydrogen-bond acceptors (Lipinski definition) is 5. The van der Waals surface area contributed by atoms with Gasteiger partial charge in [-0.2, -0.15) is 0 Å². The molecular formula is C16H26N2O3S. The van der Waals surface area contributed by atoms with Crippen LogP contribution >= 0.6 is 11.3 Å². The van der Waals surface area contributed by atoms with Gasteiger partial charge in [0.2, 0.25) is 0 Å². The molecule has 6 heteroatoms. The second-order valence-electron chi connectivity index (χ2n) is 5.88. The van der Waals surface area contributed by atoms with Crippen molar-refractivity contribution in [1.82, 2.24) is 10.3 Å². The number of hydrogen-bond donors (Lipinski definition) is 2. The number of nitrogens with zero attached hydrogens (tertiary/aromatic N) is 1. The zero-order chi connectivity index (χ0) is 16.3. The molecule has 0 bridgehead atoms. The normalized spacial score (nSPS) is 24.6. The van der Waals surface area contributed by atoms with Gasteiger partial charge < -0.3 is 15.2 Å². The molecule has 0 aromatic carbocycles. The molecule has 22 heavy (non-hydrogen) atoms. The quantitative estimate of drug-likeness (QED) is 0.808. The van der Waals surface area contributed by atoms with Gasteiger partial charge in [0.05, 0.1) is 12.3 Å². The summed E-state index contributed by atoms with van der Waals surface area (Å²) in [5, 5.41) is 13.2. The van der Waals surface area contributed by atoms with Crippen molar-refractivity contribution >= 4 is 17.2 Å². The maximum absolute atomic E-state index is 12.4. The molecule has 1 aromatic heterocycles. The van der Waals surface area contributed by atoms with Crippen molar-refractivity contribution < 1.29 is 14.6 Å². The average molecular weight is 326 g/mol. The van der Waals surface area contributed by atoms with Crippen LogP contribution in [0, 0.1) is 5.41 Å². The number of carbonyl (C=O) groups is 1. The molecule has 0 saturated heterocycles. The molecule has 1 amide bonds. The minimum Gasteiger partial charge on any atom is -0.386 e. The van der Waals surface area contributed by atoms with Gasteiger partial charge in [-0.05, 0) is 33.1 Å². The second kappa shape index (κ2) is 7.06. The van der Waals surface area contributed by atoms with Crippen LogP contribution in [0.4, 0.5) is 0 Å². The van der Waals surface area contributed by atoms with Crippen molar-refractivity contribution in [2.24, 2.45) is 5.41 Å². The zero-order valence-electron chi connectivity index (χ0n) is 13.8. The molecule has 3 atom stereocenters. The van der Waals surface area contributed by atoms with Gasteiger partial charge in [-0.25, -0.2) is 4.98 Å². The lowest BCUT2D eigenvalue weighted by atomic mass is 9.58. The predicted octanol–water partition coefficient (Wildman–Crippen LogP) is 2.91. The van der Waals surface area contributed by atoms with Crippen molar-refractivity contribution in [1.29, 1.82) is 0 Å². The van der Waals surface area contributed by atoms with E-state index in [-0.39, 0.29) is 23.5 Å². The SMILES string of the molecule is CCO[C@@H]1C[C@H](NC(=O)c2cnc([C@@H](C)O)s2)C1(CC)CC. The van der Waals surface area contributed by atoms with Crippen LogP contribution in [0.25, 0.3) is 0 Å². The summed E-state index contributed by atoms with van der Waals surface area (Å²) in [4.78, 5) is 17.0. The monoisotopic (exact) mass is 326 g/mol. The average Bonchev–Trinajstić information content (AvgIpc) is 2.97. The molecule has 1 aliphatic rings. The summed E-state index contributed by atoms with van der Waals surface area (Å²) >= 11 is 1.25. The summed E-state index contributed by atoms with van der Waals surface area (Å²) in [6, 6.07) is 0.142. The van der Waals surface area contributed by atoms with Gasteiger partial charge in [-0.1, -0.05) is 13.8 Å². The smallest absolute Gasteiger partial charge is 0.263 e. The molecule has 1 aliphatic carbocycles. The third kappa shape index (κ3) is 3.05. The lowest BCUT2D eigenvalue weighted by molar-refractivity contribution is -0.134. The van der Waals surface area contributed by atoms with Gasteiger partial charge >= 0.3 is 0 Å². The van der Waals surface area contributed by atoms with E-state index in [0.29, 0.717) is 16.5 Å². The van der Waals surface area contributed by atoms with Crippen molar-refractivity contribution in [3.05, 3.63) is 16.1 Å². The summed E-state index contributed by atoms with van der Waals surface area (Å²) in [7, 11) is 0. The number of rotatable bonds is 7. The largest absolute Gasteiger partial charge is 0.386 e. The topological polar surface area (TPSA) is 71.5 Å². The van der Waals surface area contributed by atoms with E-state index in [2.05, 4.69) is 24.1 Å². The Morgan fingerprint density at radius 1 is 1.55 bits per heavy atom. The van der Waals surface area contributed by atoms with E-state index in [0.717, 1.165) is 19.3 Å². The van der Waals surface area contributed by atoms with Crippen molar-refractivity contribution in [2.45, 2.75) is 65.2 Å². The fraction of sp³-hybridized carbons (Fsp3) is 0.750. The van der Waals surface area contributed by atoms with Crippen LogP contribution in [-0.2, 0) is 4.74 Å². The summed E-state index contributed by atoms with van der Waals surface area (Å²) in [5.41, 5.74) is 0.0312. The van der Waals surface area contributed by atoms with Crippen molar-refractivity contribution in [3.63, 3.8) is 0 Å². The molecule has 2 N–H and O–H groups in total. The minimum absolute atomic E-state index is 0.0312. The van der Waals surface area contributed by atoms with Gasteiger partial charge in [-0.15, -0.1) is 11.3 Å². The van der Waals surface area contributed by atoms with Crippen LogP contribution in [0.5, 0.6) is 0 Å². The number of thiazole rings is 1. The third-order valence-electron chi connectivity index (χ3n) is 4.88. The van der Waals surface area contributed by atoms with Crippen LogP contribution in [0.1, 0.15) is 67.7 Å². The van der Waals surface area contributed by atoms with E-state index < -0.39 is 6.10 Å². The number of aromatic nitrogens is 1. The Morgan fingerprint density at radius 3 is 2.73 bits per heavy atom. The Labute approximate surface area is 136 Å². The number of aliphatic hydroxyl groups excluding tert-OH is 1. The first-order valence-electron chi connectivity index (χ1n) is 8.04. The Morgan fingerprint density at radius 2 is 2.23 bits per heavy atom. The van der Waals surface area contributed by atoms with E-state index >= 15 is 0 Å². The Balaban J connectivity index is 2.04. The maximum atomic E-state index is 12.4. The molecule has 5 nitrogen and oxygen atoms in total. The number of aliphatic hydroxyl groups is 1. The van der Waals surface area contributed by atoms with E-state index in [4.69, 9.17) is 4.74 Å². The highest BCUT2D eigenvalue weighted by Crippen LogP contribution is 2.49. The first kappa shape index (κ1) is 17.4. The fourth-order valence-electron chi connectivity index (χ4n) is 3.40. The molecule has 1 heterocycles. The number of amides is 1. The van der Waals surface area contributed by atoms with Crippen molar-refractivity contribution in [2.75, 3.05) is 6.61 Å². The highest BCUT2D eigenvalue weighted by molar-refractivity contribution is 7.13. The molecule has 0 radical (unpaired) electrons. The summed E-state index contributed by atoms with van der Waals surface area (Å²) in [5.74, 6) is -0.101. The van der Waals surface area contributed by atoms with Crippen LogP contribution in [0.3, 0.4) is 0 Å². The van der Waals surface area contributed by atoms with Gasteiger partial charge in [0.25, 0.3) is 5.91 Å². The highest BCUT2D eigenvalue weighted by Gasteiger charge is 2.53. The molecule has 1 fully saturated rings. The van der Waals surface area contributed by atoms with Crippen molar-refractivity contribution in [3.8, 4) is 0 Å². The molecule has 2 rings (SSSR count). The van der Waals surface area contributed by atoms with E-state index in [9.17, 15) is 9.90 Å². The van der Waals surface area contributed by atoms with Crippen LogP contribution in [-0.4, -0.2) is 34.8 Å². The first-order chi connectivity index (χ1) is 10.5. The standard InChI is InChI=1S/C16H26N2O3S/c1-5-16(6-2)12(8-13(16)21-7-3)18-14(20)11-9-17-15(22-11)10(4)19/h9-10,12-13,19H,5-8H2,1-4H3,(H,18,20)/t10-,12+,13-/m1/s1. The molecule has 0 spiro atoms. The van der Waals surface area contributed by atoms with E-state index in [1.807, 2.05) is 6.92 Å². The maximum Gasteiger partial charge on any atom is 0.263 e. The number of ether oxygens (including phenoxy) is 1. The van der Waals surface area contributed by atoms with E-state index in [1.165, 1.54) is 11.3 Å². The lowest BCUT2D eigenvalue weighted by Gasteiger charge is -2.55. The molecule has 1 saturated carbocycles. The lowest BCUT2D eigenvalue weighted by Crippen LogP contribution is -2.64. The predicted molar refractivity (Wildman–Crippen MR) is 87.0 cm³/mol. The summed E-state index contributed by atoms with van der Waals surface area (Å²) in [6.45, 7) is 8.69. The minimum atomic E-state index is -0.636. The molecule has 0 unspecified atom stereocenters. The summed E-state index contributed by atoms with van der Waals surface area (Å²) in [6.07, 6.45) is 3.97. The number of nitrogens with one attached hydrogen (secondary N) is 1. The first-order valence-corrected chi connectivity index (χ1v) is 8.86. The summed E-state index contributed by atoms with van der Waals surface area (Å²) < 4.78 is 5.83. The van der Waals surface area contributed by atoms with Gasteiger partial charge in [0.1, 0.15) is 16.0 Å². The second-order valence-corrected chi connectivity index (χ2v) is 6.95. The van der Waals surface area contributed by atoms with Crippen LogP contribution in [0.2, 0.25) is 0 Å². The Hall–Kier alpha value is -0.980. The molecular weight excluding hydrogens is 300 g/mol. The Kier molecular flexibility index (Phi) is 5.58. The molecule has 1 aromatic rings. The fourth-order valence-corrected chi connectivity index (χ4v) is 4.16. The molecule has 124 valence electrons. The van der Waals surface area contributed by atoms with Crippen LogP contribution in [0.15, 0.2) is 6.20 Å². The van der Waals surface area contributed by atoms with E-state index in [1.54, 1.807) is 13.1 Å². The van der Waals surface area contributed by atoms with Gasteiger partial charge in [-0.3, -0.25) is 4.79 Å². The Bertz CT molecular complexity index is 511. The zero-order valence-corrected chi connectivity index (χ0v) is 14.6. The molecule has 0 aliphatic heterocycles. The highest BCUT2D eigenvalue weighted by atomic mass is 32.1. The van der Waals surface area contributed by atoms with Gasteiger partial charge in [0, 0.05) is 18.1 Å². The number of carbonyl (C=O) groups excluding carboxylic acids is 1.